The number of nitrogens with one attached hydrogen (secondary N) is 2. The first kappa shape index (κ1) is 20.2. The number of carbonyl (C=O) groups excluding carboxylic acids is 1. The number of amides is 1. The first-order chi connectivity index (χ1) is 13.2. The highest BCUT2D eigenvalue weighted by atomic mass is 32.1. The fraction of sp³-hybridized carbons (Fsp3) is 0.421. The van der Waals surface area contributed by atoms with E-state index in [9.17, 15) is 14.3 Å². The number of halogens is 1. The summed E-state index contributed by atoms with van der Waals surface area (Å²) in [7, 11) is 0. The number of aliphatic hydroxyl groups is 1. The SMILES string of the molecule is CC(C)Nc1c(C(=O)NCC(F)C(C)(C)O)cnn2cc(-c3nccs3)cc12. The lowest BCUT2D eigenvalue weighted by Gasteiger charge is -2.23. The lowest BCUT2D eigenvalue weighted by atomic mass is 10.0. The first-order valence-corrected chi connectivity index (χ1v) is 9.87. The van der Waals surface area contributed by atoms with Crippen molar-refractivity contribution in [2.24, 2.45) is 0 Å². The maximum absolute atomic E-state index is 14.0. The summed E-state index contributed by atoms with van der Waals surface area (Å²) < 4.78 is 15.7. The summed E-state index contributed by atoms with van der Waals surface area (Å²) in [4.78, 5) is 17.0. The Bertz CT molecular complexity index is 963. The molecule has 28 heavy (non-hydrogen) atoms. The van der Waals surface area contributed by atoms with E-state index in [0.29, 0.717) is 11.3 Å². The van der Waals surface area contributed by atoms with Gasteiger partial charge in [0.05, 0.1) is 35.1 Å². The number of nitrogens with zero attached hydrogens (tertiary/aromatic N) is 3. The third-order valence-electron chi connectivity index (χ3n) is 4.20. The van der Waals surface area contributed by atoms with E-state index in [1.807, 2.05) is 31.5 Å². The molecule has 0 radical (unpaired) electrons. The number of anilines is 1. The Balaban J connectivity index is 1.96. The minimum atomic E-state index is -1.58. The third kappa shape index (κ3) is 4.31. The van der Waals surface area contributed by atoms with Crippen LogP contribution in [0, 0.1) is 0 Å². The molecule has 7 nitrogen and oxygen atoms in total. The Morgan fingerprint density at radius 2 is 2.18 bits per heavy atom. The van der Waals surface area contributed by atoms with Gasteiger partial charge in [-0.15, -0.1) is 11.3 Å². The van der Waals surface area contributed by atoms with Gasteiger partial charge in [-0.05, 0) is 33.8 Å². The average Bonchev–Trinajstić information content (AvgIpc) is 3.27. The second-order valence-electron chi connectivity index (χ2n) is 7.46. The molecule has 3 aromatic heterocycles. The zero-order chi connectivity index (χ0) is 20.5. The third-order valence-corrected chi connectivity index (χ3v) is 5.02. The average molecular weight is 405 g/mol. The molecule has 0 spiro atoms. The van der Waals surface area contributed by atoms with Gasteiger partial charge in [0.1, 0.15) is 11.2 Å². The van der Waals surface area contributed by atoms with Crippen molar-refractivity contribution < 1.29 is 14.3 Å². The Morgan fingerprint density at radius 3 is 2.79 bits per heavy atom. The summed E-state index contributed by atoms with van der Waals surface area (Å²) in [6.07, 6.45) is 3.46. The molecule has 3 rings (SSSR count). The number of rotatable bonds is 7. The highest BCUT2D eigenvalue weighted by molar-refractivity contribution is 7.13. The number of alkyl halides is 1. The van der Waals surface area contributed by atoms with Crippen LogP contribution in [0.25, 0.3) is 16.1 Å². The molecule has 0 fully saturated rings. The lowest BCUT2D eigenvalue weighted by molar-refractivity contribution is -0.00177. The van der Waals surface area contributed by atoms with Crippen LogP contribution in [-0.2, 0) is 0 Å². The molecule has 1 atom stereocenters. The molecule has 0 bridgehead atoms. The van der Waals surface area contributed by atoms with Crippen molar-refractivity contribution in [2.75, 3.05) is 11.9 Å². The van der Waals surface area contributed by atoms with E-state index in [-0.39, 0.29) is 12.6 Å². The zero-order valence-corrected chi connectivity index (χ0v) is 17.0. The predicted octanol–water partition coefficient (Wildman–Crippen LogP) is 3.12. The highest BCUT2D eigenvalue weighted by Gasteiger charge is 2.27. The van der Waals surface area contributed by atoms with Gasteiger partial charge in [0, 0.05) is 29.4 Å². The van der Waals surface area contributed by atoms with Crippen LogP contribution in [0.1, 0.15) is 38.1 Å². The van der Waals surface area contributed by atoms with Gasteiger partial charge >= 0.3 is 0 Å². The fourth-order valence-corrected chi connectivity index (χ4v) is 3.30. The lowest BCUT2D eigenvalue weighted by Crippen LogP contribution is -2.42. The van der Waals surface area contributed by atoms with Crippen LogP contribution in [0.15, 0.2) is 30.0 Å². The van der Waals surface area contributed by atoms with Gasteiger partial charge < -0.3 is 15.7 Å². The molecule has 0 aliphatic carbocycles. The van der Waals surface area contributed by atoms with Gasteiger partial charge in [-0.2, -0.15) is 5.10 Å². The molecule has 150 valence electrons. The molecule has 3 heterocycles. The summed E-state index contributed by atoms with van der Waals surface area (Å²) >= 11 is 1.52. The van der Waals surface area contributed by atoms with Crippen LogP contribution >= 0.6 is 11.3 Å². The summed E-state index contributed by atoms with van der Waals surface area (Å²) in [6, 6.07) is 1.99. The van der Waals surface area contributed by atoms with Gasteiger partial charge in [0.2, 0.25) is 0 Å². The molecule has 0 saturated heterocycles. The van der Waals surface area contributed by atoms with Crippen LogP contribution < -0.4 is 10.6 Å². The largest absolute Gasteiger partial charge is 0.387 e. The summed E-state index contributed by atoms with van der Waals surface area (Å²) in [5.41, 5.74) is 1.03. The minimum absolute atomic E-state index is 0.0706. The summed E-state index contributed by atoms with van der Waals surface area (Å²) in [6.45, 7) is 6.37. The van der Waals surface area contributed by atoms with Crippen LogP contribution in [0.3, 0.4) is 0 Å². The normalized spacial score (nSPS) is 13.1. The Kier molecular flexibility index (Phi) is 5.66. The van der Waals surface area contributed by atoms with E-state index in [1.54, 1.807) is 10.7 Å². The fourth-order valence-electron chi connectivity index (χ4n) is 2.68. The highest BCUT2D eigenvalue weighted by Crippen LogP contribution is 2.30. The number of hydrogen-bond donors (Lipinski definition) is 3. The molecule has 0 saturated carbocycles. The number of carbonyl (C=O) groups is 1. The van der Waals surface area contributed by atoms with Crippen molar-refractivity contribution in [1.29, 1.82) is 0 Å². The number of fused-ring (bicyclic) bond motifs is 1. The maximum Gasteiger partial charge on any atom is 0.255 e. The first-order valence-electron chi connectivity index (χ1n) is 8.99. The van der Waals surface area contributed by atoms with Crippen molar-refractivity contribution in [3.05, 3.63) is 35.6 Å². The molecule has 0 aliphatic rings. The zero-order valence-electron chi connectivity index (χ0n) is 16.2. The maximum atomic E-state index is 14.0. The monoisotopic (exact) mass is 405 g/mol. The van der Waals surface area contributed by atoms with E-state index in [1.165, 1.54) is 31.4 Å². The van der Waals surface area contributed by atoms with Crippen LogP contribution in [0.5, 0.6) is 0 Å². The molecule has 9 heteroatoms. The number of hydrogen-bond acceptors (Lipinski definition) is 6. The second kappa shape index (κ2) is 7.84. The second-order valence-corrected chi connectivity index (χ2v) is 8.35. The number of thiazole rings is 1. The molecule has 0 aliphatic heterocycles. The van der Waals surface area contributed by atoms with Crippen molar-refractivity contribution >= 4 is 28.4 Å². The molecule has 3 N–H and O–H groups in total. The van der Waals surface area contributed by atoms with E-state index in [4.69, 9.17) is 0 Å². The van der Waals surface area contributed by atoms with Crippen molar-refractivity contribution in [3.63, 3.8) is 0 Å². The molecular weight excluding hydrogens is 381 g/mol. The Hall–Kier alpha value is -2.52. The molecule has 0 aromatic carbocycles. The van der Waals surface area contributed by atoms with E-state index >= 15 is 0 Å². The topological polar surface area (TPSA) is 91.5 Å². The van der Waals surface area contributed by atoms with Crippen LogP contribution in [0.4, 0.5) is 10.1 Å². The predicted molar refractivity (Wildman–Crippen MR) is 109 cm³/mol. The summed E-state index contributed by atoms with van der Waals surface area (Å²) in [5, 5.41) is 22.6. The van der Waals surface area contributed by atoms with Crippen molar-refractivity contribution in [2.45, 2.75) is 45.5 Å². The van der Waals surface area contributed by atoms with Gasteiger partial charge in [-0.1, -0.05) is 0 Å². The smallest absolute Gasteiger partial charge is 0.255 e. The van der Waals surface area contributed by atoms with Gasteiger partial charge in [-0.3, -0.25) is 4.79 Å². The Morgan fingerprint density at radius 1 is 1.43 bits per heavy atom. The molecule has 3 aromatic rings. The van der Waals surface area contributed by atoms with Crippen molar-refractivity contribution in [3.8, 4) is 10.6 Å². The van der Waals surface area contributed by atoms with Crippen LogP contribution in [0.2, 0.25) is 0 Å². The van der Waals surface area contributed by atoms with Gasteiger partial charge in [-0.25, -0.2) is 13.9 Å². The van der Waals surface area contributed by atoms with E-state index < -0.39 is 17.7 Å². The molecule has 1 amide bonds. The molecule has 1 unspecified atom stereocenters. The quantitative estimate of drug-likeness (QED) is 0.562. The van der Waals surface area contributed by atoms with E-state index in [0.717, 1.165) is 16.1 Å². The Labute approximate surface area is 166 Å². The van der Waals surface area contributed by atoms with Crippen molar-refractivity contribution in [1.82, 2.24) is 19.9 Å². The van der Waals surface area contributed by atoms with Gasteiger partial charge in [0.15, 0.2) is 0 Å². The van der Waals surface area contributed by atoms with E-state index in [2.05, 4.69) is 20.7 Å². The molecular formula is C19H24FN5O2S. The number of aromatic nitrogens is 3. The summed E-state index contributed by atoms with van der Waals surface area (Å²) in [5.74, 6) is -0.456. The minimum Gasteiger partial charge on any atom is -0.387 e. The van der Waals surface area contributed by atoms with Crippen LogP contribution in [-0.4, -0.2) is 50.0 Å². The van der Waals surface area contributed by atoms with Gasteiger partial charge in [0.25, 0.3) is 5.91 Å². The standard InChI is InChI=1S/C19H24FN5O2S/c1-11(2)24-16-13(17(26)22-9-15(20)19(3,4)27)8-23-25-10-12(7-14(16)25)18-21-5-6-28-18/h5-8,10-11,15,24,27H,9H2,1-4H3,(H,22,26).